The Morgan fingerprint density at radius 1 is 1.30 bits per heavy atom. The fourth-order valence-electron chi connectivity index (χ4n) is 1.79. The number of nitrogens with two attached hydrogens (primary N) is 1. The highest BCUT2D eigenvalue weighted by Crippen LogP contribution is 2.29. The Labute approximate surface area is 129 Å². The van der Waals surface area contributed by atoms with Gasteiger partial charge in [-0.25, -0.2) is 4.98 Å². The molecule has 2 rings (SSSR count). The summed E-state index contributed by atoms with van der Waals surface area (Å²) in [5, 5.41) is 0.979. The van der Waals surface area contributed by atoms with E-state index < -0.39 is 8.07 Å². The number of hydrogen-bond donors (Lipinski definition) is 1. The maximum absolute atomic E-state index is 6.04. The second-order valence-corrected chi connectivity index (χ2v) is 12.2. The van der Waals surface area contributed by atoms with Crippen molar-refractivity contribution >= 4 is 48.0 Å². The Bertz CT molecular complexity index is 624. The van der Waals surface area contributed by atoms with Gasteiger partial charge in [0.2, 0.25) is 5.28 Å². The second-order valence-electron chi connectivity index (χ2n) is 5.88. The van der Waals surface area contributed by atoms with E-state index in [1.54, 1.807) is 10.8 Å². The molecule has 20 heavy (non-hydrogen) atoms. The minimum atomic E-state index is -1.09. The molecule has 110 valence electrons. The van der Waals surface area contributed by atoms with E-state index in [0.29, 0.717) is 23.5 Å². The van der Waals surface area contributed by atoms with Crippen molar-refractivity contribution in [1.82, 2.24) is 14.5 Å². The molecule has 0 aliphatic carbocycles. The van der Waals surface area contributed by atoms with Gasteiger partial charge in [-0.2, -0.15) is 4.98 Å². The number of anilines is 1. The number of ether oxygens (including phenoxy) is 1. The molecule has 0 aromatic carbocycles. The third-order valence-corrected chi connectivity index (χ3v) is 5.05. The van der Waals surface area contributed by atoms with Crippen LogP contribution in [0, 0.1) is 0 Å². The standard InChI is InChI=1S/C12H18Cl2N4OSi/c1-20(2,3)5-4-19-7-18-6-8(15)9-10(13)16-12(14)17-11(9)18/h6H,4-5,7,15H2,1-3H3. The molecule has 0 aliphatic rings. The lowest BCUT2D eigenvalue weighted by Crippen LogP contribution is -2.22. The smallest absolute Gasteiger partial charge is 0.225 e. The molecule has 0 amide bonds. The SMILES string of the molecule is C[Si](C)(C)CCOCn1cc(N)c2c(Cl)nc(Cl)nc21. The molecule has 2 aromatic heterocycles. The maximum atomic E-state index is 6.04. The Kier molecular flexibility index (Phi) is 4.58. The molecule has 8 heteroatoms. The quantitative estimate of drug-likeness (QED) is 0.393. The van der Waals surface area contributed by atoms with Gasteiger partial charge >= 0.3 is 0 Å². The van der Waals surface area contributed by atoms with E-state index in [9.17, 15) is 0 Å². The summed E-state index contributed by atoms with van der Waals surface area (Å²) in [4.78, 5) is 8.06. The van der Waals surface area contributed by atoms with Crippen molar-refractivity contribution in [3.05, 3.63) is 16.6 Å². The fraction of sp³-hybridized carbons (Fsp3) is 0.500. The summed E-state index contributed by atoms with van der Waals surface area (Å²) < 4.78 is 7.49. The molecule has 0 radical (unpaired) electrons. The lowest BCUT2D eigenvalue weighted by molar-refractivity contribution is 0.0899. The number of halogens is 2. The number of aromatic nitrogens is 3. The van der Waals surface area contributed by atoms with Crippen LogP contribution < -0.4 is 5.73 Å². The summed E-state index contributed by atoms with van der Waals surface area (Å²) in [5.41, 5.74) is 7.05. The first-order valence-corrected chi connectivity index (χ1v) is 10.8. The molecule has 0 unspecified atom stereocenters. The number of nitrogen functional groups attached to an aromatic ring is 1. The molecule has 0 atom stereocenters. The van der Waals surface area contributed by atoms with Crippen LogP contribution in [0.5, 0.6) is 0 Å². The minimum Gasteiger partial charge on any atom is -0.397 e. The van der Waals surface area contributed by atoms with Gasteiger partial charge in [-0.3, -0.25) is 0 Å². The maximum Gasteiger partial charge on any atom is 0.225 e. The molecular weight excluding hydrogens is 315 g/mol. The Balaban J connectivity index is 2.15. The lowest BCUT2D eigenvalue weighted by Gasteiger charge is -2.15. The Morgan fingerprint density at radius 3 is 2.65 bits per heavy atom. The summed E-state index contributed by atoms with van der Waals surface area (Å²) >= 11 is 11.9. The first kappa shape index (κ1) is 15.6. The summed E-state index contributed by atoms with van der Waals surface area (Å²) in [7, 11) is -1.09. The molecular formula is C12H18Cl2N4OSi. The molecule has 0 aliphatic heterocycles. The van der Waals surface area contributed by atoms with Gasteiger partial charge in [0.05, 0.1) is 11.1 Å². The van der Waals surface area contributed by atoms with E-state index in [4.69, 9.17) is 33.7 Å². The van der Waals surface area contributed by atoms with E-state index >= 15 is 0 Å². The van der Waals surface area contributed by atoms with Crippen LogP contribution in [0.4, 0.5) is 5.69 Å². The highest BCUT2D eigenvalue weighted by atomic mass is 35.5. The van der Waals surface area contributed by atoms with E-state index in [2.05, 4.69) is 29.6 Å². The molecule has 0 bridgehead atoms. The molecule has 2 N–H and O–H groups in total. The zero-order valence-electron chi connectivity index (χ0n) is 11.8. The summed E-state index contributed by atoms with van der Waals surface area (Å²) in [6.45, 7) is 8.04. The summed E-state index contributed by atoms with van der Waals surface area (Å²) in [6.07, 6.45) is 1.75. The zero-order valence-corrected chi connectivity index (χ0v) is 14.3. The van der Waals surface area contributed by atoms with Crippen molar-refractivity contribution in [2.75, 3.05) is 12.3 Å². The van der Waals surface area contributed by atoms with Crippen molar-refractivity contribution < 1.29 is 4.74 Å². The molecule has 0 fully saturated rings. The summed E-state index contributed by atoms with van der Waals surface area (Å²) in [5.74, 6) is 0. The van der Waals surface area contributed by atoms with E-state index in [1.165, 1.54) is 0 Å². The predicted octanol–water partition coefficient (Wildman–Crippen LogP) is 3.63. The van der Waals surface area contributed by atoms with E-state index in [-0.39, 0.29) is 10.4 Å². The largest absolute Gasteiger partial charge is 0.397 e. The predicted molar refractivity (Wildman–Crippen MR) is 86.1 cm³/mol. The first-order valence-electron chi connectivity index (χ1n) is 6.33. The van der Waals surface area contributed by atoms with Crippen LogP contribution in [0.2, 0.25) is 36.1 Å². The lowest BCUT2D eigenvalue weighted by atomic mass is 10.4. The van der Waals surface area contributed by atoms with Crippen LogP contribution in [0.25, 0.3) is 11.0 Å². The topological polar surface area (TPSA) is 66.0 Å². The van der Waals surface area contributed by atoms with Crippen molar-refractivity contribution in [3.8, 4) is 0 Å². The number of nitrogens with zero attached hydrogens (tertiary/aromatic N) is 3. The van der Waals surface area contributed by atoms with Crippen LogP contribution in [0.1, 0.15) is 0 Å². The zero-order chi connectivity index (χ0) is 14.9. The van der Waals surface area contributed by atoms with Gasteiger partial charge in [-0.1, -0.05) is 31.2 Å². The second kappa shape index (κ2) is 5.89. The van der Waals surface area contributed by atoms with Gasteiger partial charge in [0.1, 0.15) is 11.9 Å². The third-order valence-electron chi connectivity index (χ3n) is 2.90. The first-order chi connectivity index (χ1) is 9.28. The molecule has 0 spiro atoms. The number of fused-ring (bicyclic) bond motifs is 1. The van der Waals surface area contributed by atoms with Gasteiger partial charge in [0, 0.05) is 20.9 Å². The van der Waals surface area contributed by atoms with Crippen LogP contribution in [0.15, 0.2) is 6.20 Å². The van der Waals surface area contributed by atoms with Gasteiger partial charge in [0.15, 0.2) is 5.65 Å². The molecule has 2 aromatic rings. The monoisotopic (exact) mass is 332 g/mol. The average Bonchev–Trinajstić information content (AvgIpc) is 2.60. The molecule has 0 saturated carbocycles. The van der Waals surface area contributed by atoms with Crippen molar-refractivity contribution in [2.24, 2.45) is 0 Å². The highest BCUT2D eigenvalue weighted by Gasteiger charge is 2.15. The Morgan fingerprint density at radius 2 is 2.00 bits per heavy atom. The minimum absolute atomic E-state index is 0.101. The van der Waals surface area contributed by atoms with Crippen molar-refractivity contribution in [2.45, 2.75) is 32.4 Å². The highest BCUT2D eigenvalue weighted by molar-refractivity contribution is 6.76. The van der Waals surface area contributed by atoms with E-state index in [0.717, 1.165) is 12.7 Å². The molecule has 5 nitrogen and oxygen atoms in total. The molecule has 0 saturated heterocycles. The number of hydrogen-bond acceptors (Lipinski definition) is 4. The Hall–Kier alpha value is -0.823. The summed E-state index contributed by atoms with van der Waals surface area (Å²) in [6, 6.07) is 1.11. The van der Waals surface area contributed by atoms with Gasteiger partial charge in [-0.05, 0) is 17.6 Å². The van der Waals surface area contributed by atoms with Crippen LogP contribution in [0.3, 0.4) is 0 Å². The van der Waals surface area contributed by atoms with Gasteiger partial charge in [-0.15, -0.1) is 0 Å². The van der Waals surface area contributed by atoms with Crippen LogP contribution >= 0.6 is 23.2 Å². The average molecular weight is 333 g/mol. The van der Waals surface area contributed by atoms with Crippen LogP contribution in [-0.4, -0.2) is 29.2 Å². The van der Waals surface area contributed by atoms with Gasteiger partial charge < -0.3 is 15.0 Å². The third kappa shape index (κ3) is 3.63. The van der Waals surface area contributed by atoms with Crippen molar-refractivity contribution in [3.63, 3.8) is 0 Å². The molecule has 2 heterocycles. The number of rotatable bonds is 5. The van der Waals surface area contributed by atoms with Gasteiger partial charge in [0.25, 0.3) is 0 Å². The van der Waals surface area contributed by atoms with E-state index in [1.807, 2.05) is 0 Å². The van der Waals surface area contributed by atoms with Crippen molar-refractivity contribution in [1.29, 1.82) is 0 Å². The van der Waals surface area contributed by atoms with Crippen LogP contribution in [-0.2, 0) is 11.5 Å². The fourth-order valence-corrected chi connectivity index (χ4v) is 3.02. The normalized spacial score (nSPS) is 12.2.